The lowest BCUT2D eigenvalue weighted by atomic mass is 9.94. The molecule has 418 valence electrons. The SMILES string of the molecule is CC(C)(C)OC(=O)CCCCCCCCCCCCCC(=O)C[C@@H](CCC(=O)NCCCN(CCCCN(CCCCC(=O)OCc1ccccc1)C(=O)OC(C)(C)C)C(=O)OC(C)(C)C)C(=O)OC(C)(C)C. The maximum absolute atomic E-state index is 13.3. The minimum Gasteiger partial charge on any atom is -0.461 e. The van der Waals surface area contributed by atoms with E-state index in [0.29, 0.717) is 71.1 Å². The first-order valence-corrected chi connectivity index (χ1v) is 27.5. The lowest BCUT2D eigenvalue weighted by Crippen LogP contribution is -2.40. The van der Waals surface area contributed by atoms with E-state index in [1.54, 1.807) is 51.3 Å². The molecule has 3 amide bonds. The third-order valence-corrected chi connectivity index (χ3v) is 11.3. The zero-order valence-electron chi connectivity index (χ0n) is 47.6. The van der Waals surface area contributed by atoms with E-state index in [-0.39, 0.29) is 62.5 Å². The summed E-state index contributed by atoms with van der Waals surface area (Å²) in [6.07, 6.45) is 14.8. The Morgan fingerprint density at radius 3 is 1.36 bits per heavy atom. The van der Waals surface area contributed by atoms with Crippen LogP contribution in [0.3, 0.4) is 0 Å². The quantitative estimate of drug-likeness (QED) is 0.0382. The number of ketones is 1. The van der Waals surface area contributed by atoms with E-state index < -0.39 is 46.5 Å². The highest BCUT2D eigenvalue weighted by molar-refractivity contribution is 5.85. The van der Waals surface area contributed by atoms with Gasteiger partial charge in [0.1, 0.15) is 34.8 Å². The second-order valence-electron chi connectivity index (χ2n) is 23.4. The van der Waals surface area contributed by atoms with Crippen molar-refractivity contribution in [2.45, 2.75) is 253 Å². The van der Waals surface area contributed by atoms with Crippen LogP contribution in [0.15, 0.2) is 30.3 Å². The van der Waals surface area contributed by atoms with E-state index in [1.807, 2.05) is 71.9 Å². The highest BCUT2D eigenvalue weighted by Crippen LogP contribution is 2.22. The van der Waals surface area contributed by atoms with Gasteiger partial charge in [-0.05, 0) is 140 Å². The van der Waals surface area contributed by atoms with Crippen LogP contribution in [0.5, 0.6) is 0 Å². The lowest BCUT2D eigenvalue weighted by molar-refractivity contribution is -0.161. The zero-order chi connectivity index (χ0) is 54.9. The summed E-state index contributed by atoms with van der Waals surface area (Å²) in [5, 5.41) is 2.91. The van der Waals surface area contributed by atoms with Crippen LogP contribution in [0.2, 0.25) is 0 Å². The Balaban J connectivity index is 2.57. The first-order chi connectivity index (χ1) is 34.1. The van der Waals surface area contributed by atoms with Crippen LogP contribution >= 0.6 is 0 Å². The Bertz CT molecular complexity index is 1760. The monoisotopic (exact) mass is 1030 g/mol. The molecule has 0 radical (unpaired) electrons. The summed E-state index contributed by atoms with van der Waals surface area (Å²) in [5.41, 5.74) is -1.65. The summed E-state index contributed by atoms with van der Waals surface area (Å²) in [4.78, 5) is 93.3. The van der Waals surface area contributed by atoms with Gasteiger partial charge in [0.05, 0.1) is 5.92 Å². The molecule has 0 aromatic heterocycles. The van der Waals surface area contributed by atoms with Crippen LogP contribution in [0.4, 0.5) is 9.59 Å². The second kappa shape index (κ2) is 35.5. The van der Waals surface area contributed by atoms with Crippen molar-refractivity contribution in [2.24, 2.45) is 5.92 Å². The van der Waals surface area contributed by atoms with Gasteiger partial charge in [-0.25, -0.2) is 9.59 Å². The molecule has 0 fully saturated rings. The van der Waals surface area contributed by atoms with Gasteiger partial charge in [-0.3, -0.25) is 24.0 Å². The number of hydrogen-bond donors (Lipinski definition) is 1. The molecule has 0 aliphatic carbocycles. The number of amides is 3. The number of Topliss-reactive ketones (excluding diaryl/α,β-unsaturated/α-hetero) is 1. The van der Waals surface area contributed by atoms with Crippen molar-refractivity contribution >= 4 is 41.8 Å². The number of nitrogens with one attached hydrogen (secondary N) is 1. The average Bonchev–Trinajstić information content (AvgIpc) is 3.26. The number of nitrogens with zero attached hydrogens (tertiary/aromatic N) is 2. The lowest BCUT2D eigenvalue weighted by Gasteiger charge is -2.29. The summed E-state index contributed by atoms with van der Waals surface area (Å²) in [5.74, 6) is -1.87. The van der Waals surface area contributed by atoms with Crippen LogP contribution in [0, 0.1) is 5.92 Å². The normalized spacial score (nSPS) is 12.3. The van der Waals surface area contributed by atoms with Gasteiger partial charge in [-0.1, -0.05) is 88.1 Å². The topological polar surface area (TPSA) is 184 Å². The van der Waals surface area contributed by atoms with Crippen molar-refractivity contribution in [1.29, 1.82) is 0 Å². The molecule has 1 atom stereocenters. The number of carbonyl (C=O) groups is 7. The molecule has 73 heavy (non-hydrogen) atoms. The van der Waals surface area contributed by atoms with Gasteiger partial charge >= 0.3 is 30.1 Å². The molecule has 1 aromatic rings. The third kappa shape index (κ3) is 38.5. The van der Waals surface area contributed by atoms with E-state index in [1.165, 1.54) is 19.3 Å². The van der Waals surface area contributed by atoms with Gasteiger partial charge in [-0.15, -0.1) is 0 Å². The number of rotatable bonds is 36. The maximum Gasteiger partial charge on any atom is 0.410 e. The van der Waals surface area contributed by atoms with Gasteiger partial charge in [-0.2, -0.15) is 0 Å². The van der Waals surface area contributed by atoms with Crippen molar-refractivity contribution in [3.05, 3.63) is 35.9 Å². The first-order valence-electron chi connectivity index (χ1n) is 27.5. The number of esters is 3. The molecule has 0 spiro atoms. The van der Waals surface area contributed by atoms with Gasteiger partial charge in [0.25, 0.3) is 0 Å². The molecule has 0 aliphatic rings. The van der Waals surface area contributed by atoms with E-state index in [0.717, 1.165) is 56.9 Å². The number of carbonyl (C=O) groups excluding carboxylic acids is 7. The molecule has 0 saturated heterocycles. The largest absolute Gasteiger partial charge is 0.461 e. The summed E-state index contributed by atoms with van der Waals surface area (Å²) >= 11 is 0. The minimum absolute atomic E-state index is 0.00309. The molecule has 1 rings (SSSR count). The fourth-order valence-electron chi connectivity index (χ4n) is 7.76. The van der Waals surface area contributed by atoms with Crippen LogP contribution in [-0.2, 0) is 54.3 Å². The van der Waals surface area contributed by atoms with Crippen LogP contribution < -0.4 is 5.32 Å². The molecular weight excluding hydrogens is 931 g/mol. The van der Waals surface area contributed by atoms with Crippen molar-refractivity contribution in [3.63, 3.8) is 0 Å². The molecule has 1 aromatic carbocycles. The first kappa shape index (κ1) is 66.3. The molecule has 0 aliphatic heterocycles. The molecule has 0 bridgehead atoms. The molecular formula is C58H99N3O12. The zero-order valence-corrected chi connectivity index (χ0v) is 47.6. The Kier molecular flexibility index (Phi) is 32.3. The van der Waals surface area contributed by atoms with Crippen LogP contribution in [-0.4, -0.2) is 107 Å². The Morgan fingerprint density at radius 2 is 0.877 bits per heavy atom. The predicted molar refractivity (Wildman–Crippen MR) is 287 cm³/mol. The van der Waals surface area contributed by atoms with Crippen LogP contribution in [0.1, 0.15) is 230 Å². The fraction of sp³-hybridized carbons (Fsp3) is 0.776. The van der Waals surface area contributed by atoms with Gasteiger partial charge < -0.3 is 38.8 Å². The Labute approximate surface area is 440 Å². The van der Waals surface area contributed by atoms with E-state index in [4.69, 9.17) is 23.7 Å². The van der Waals surface area contributed by atoms with Gasteiger partial charge in [0.2, 0.25) is 5.91 Å². The number of ether oxygens (including phenoxy) is 5. The van der Waals surface area contributed by atoms with E-state index in [2.05, 4.69) is 5.32 Å². The fourth-order valence-corrected chi connectivity index (χ4v) is 7.76. The minimum atomic E-state index is -0.735. The average molecular weight is 1030 g/mol. The van der Waals surface area contributed by atoms with Gasteiger partial charge in [0, 0.05) is 64.8 Å². The summed E-state index contributed by atoms with van der Waals surface area (Å²) in [7, 11) is 0. The number of benzene rings is 1. The maximum atomic E-state index is 13.3. The summed E-state index contributed by atoms with van der Waals surface area (Å²) in [6, 6.07) is 9.49. The number of hydrogen-bond acceptors (Lipinski definition) is 12. The molecule has 0 heterocycles. The Morgan fingerprint density at radius 1 is 0.466 bits per heavy atom. The van der Waals surface area contributed by atoms with Gasteiger partial charge in [0.15, 0.2) is 0 Å². The van der Waals surface area contributed by atoms with Crippen molar-refractivity contribution in [2.75, 3.05) is 32.7 Å². The van der Waals surface area contributed by atoms with E-state index >= 15 is 0 Å². The standard InChI is InChI=1S/C58H99N3O12/c1-55(2,3)70-51(65)36-26-21-19-17-15-13-14-16-18-20-25-34-48(62)44-47(52(66)71-56(4,5)6)37-38-49(63)59-39-31-43-61(54(68)73-58(10,11)12)42-30-29-41-60(53(67)72-57(7,8)9)40-28-27-35-50(64)69-45-46-32-23-22-24-33-46/h22-24,32-33,47H,13-21,25-31,34-45H2,1-12H3,(H,59,63)/t47-/m1/s1. The molecule has 0 unspecified atom stereocenters. The number of unbranched alkanes of at least 4 members (excludes halogenated alkanes) is 12. The highest BCUT2D eigenvalue weighted by Gasteiger charge is 2.29. The second-order valence-corrected chi connectivity index (χ2v) is 23.4. The van der Waals surface area contributed by atoms with Crippen molar-refractivity contribution < 1.29 is 57.2 Å². The van der Waals surface area contributed by atoms with Crippen molar-refractivity contribution in [1.82, 2.24) is 15.1 Å². The predicted octanol–water partition coefficient (Wildman–Crippen LogP) is 12.8. The summed E-state index contributed by atoms with van der Waals surface area (Å²) in [6.45, 7) is 23.8. The summed E-state index contributed by atoms with van der Waals surface area (Å²) < 4.78 is 27.8. The van der Waals surface area contributed by atoms with Crippen molar-refractivity contribution in [3.8, 4) is 0 Å². The third-order valence-electron chi connectivity index (χ3n) is 11.3. The van der Waals surface area contributed by atoms with Crippen LogP contribution in [0.25, 0.3) is 0 Å². The Hall–Kier alpha value is -4.69. The molecule has 15 heteroatoms. The molecule has 0 saturated carbocycles. The highest BCUT2D eigenvalue weighted by atomic mass is 16.6. The molecule has 15 nitrogen and oxygen atoms in total. The smallest absolute Gasteiger partial charge is 0.410 e. The van der Waals surface area contributed by atoms with E-state index in [9.17, 15) is 33.6 Å². The molecule has 1 N–H and O–H groups in total.